The van der Waals surface area contributed by atoms with Gasteiger partial charge < -0.3 is 10.6 Å². The lowest BCUT2D eigenvalue weighted by Gasteiger charge is -2.20. The summed E-state index contributed by atoms with van der Waals surface area (Å²) < 4.78 is 0.437. The van der Waals surface area contributed by atoms with E-state index in [4.69, 9.17) is 12.2 Å². The monoisotopic (exact) mass is 227 g/mol. The van der Waals surface area contributed by atoms with E-state index in [1.165, 1.54) is 0 Å². The lowest BCUT2D eigenvalue weighted by Crippen LogP contribution is -2.35. The van der Waals surface area contributed by atoms with Crippen molar-refractivity contribution in [2.24, 2.45) is 0 Å². The summed E-state index contributed by atoms with van der Waals surface area (Å²) in [7, 11) is 1.93. The van der Waals surface area contributed by atoms with E-state index in [1.807, 2.05) is 7.05 Å². The van der Waals surface area contributed by atoms with Gasteiger partial charge in [0.25, 0.3) is 0 Å². The van der Waals surface area contributed by atoms with Gasteiger partial charge in [-0.25, -0.2) is 0 Å². The van der Waals surface area contributed by atoms with E-state index in [-0.39, 0.29) is 5.43 Å². The Morgan fingerprint density at radius 3 is 2.73 bits per heavy atom. The van der Waals surface area contributed by atoms with E-state index in [9.17, 15) is 4.79 Å². The van der Waals surface area contributed by atoms with E-state index in [1.54, 1.807) is 6.07 Å². The van der Waals surface area contributed by atoms with Crippen molar-refractivity contribution in [1.82, 2.24) is 10.2 Å². The minimum atomic E-state index is -0.0323. The third-order valence-corrected chi connectivity index (χ3v) is 2.74. The normalized spacial score (nSPS) is 11.1. The summed E-state index contributed by atoms with van der Waals surface area (Å²) >= 11 is 4.88. The third kappa shape index (κ3) is 3.37. The van der Waals surface area contributed by atoms with Gasteiger partial charge in [-0.3, -0.25) is 9.69 Å². The molecule has 15 heavy (non-hydrogen) atoms. The predicted octanol–water partition coefficient (Wildman–Crippen LogP) is 0.563. The Balaban J connectivity index is 2.24. The maximum atomic E-state index is 10.8. The van der Waals surface area contributed by atoms with Crippen molar-refractivity contribution in [2.75, 3.05) is 38.7 Å². The summed E-state index contributed by atoms with van der Waals surface area (Å²) in [5.74, 6) is 0. The molecule has 2 N–H and O–H groups in total. The van der Waals surface area contributed by atoms with Crippen LogP contribution in [0.5, 0.6) is 0 Å². The first kappa shape index (κ1) is 12.3. The van der Waals surface area contributed by atoms with Crippen LogP contribution >= 0.6 is 12.2 Å². The molecule has 0 unspecified atom stereocenters. The molecule has 1 rings (SSSR count). The van der Waals surface area contributed by atoms with Gasteiger partial charge in [-0.1, -0.05) is 19.1 Å². The van der Waals surface area contributed by atoms with Gasteiger partial charge in [0, 0.05) is 25.8 Å². The van der Waals surface area contributed by atoms with Crippen LogP contribution in [0.1, 0.15) is 6.92 Å². The van der Waals surface area contributed by atoms with Crippen molar-refractivity contribution < 1.29 is 0 Å². The molecule has 0 bridgehead atoms. The molecular weight excluding hydrogens is 210 g/mol. The van der Waals surface area contributed by atoms with Gasteiger partial charge in [-0.2, -0.15) is 0 Å². The molecule has 0 aromatic heterocycles. The molecule has 0 aliphatic rings. The molecule has 0 fully saturated rings. The lowest BCUT2D eigenvalue weighted by atomic mass is 10.3. The highest BCUT2D eigenvalue weighted by Crippen LogP contribution is 2.06. The number of hydrogen-bond donors (Lipinski definition) is 2. The van der Waals surface area contributed by atoms with Crippen molar-refractivity contribution in [3.05, 3.63) is 20.8 Å². The van der Waals surface area contributed by atoms with E-state index in [0.717, 1.165) is 32.0 Å². The van der Waals surface area contributed by atoms with Crippen molar-refractivity contribution >= 4 is 17.9 Å². The minimum Gasteiger partial charge on any atom is -0.382 e. The molecule has 0 heterocycles. The number of anilines is 1. The highest BCUT2D eigenvalue weighted by Gasteiger charge is 2.05. The summed E-state index contributed by atoms with van der Waals surface area (Å²) in [5.41, 5.74) is 0.783. The largest absolute Gasteiger partial charge is 0.382 e. The molecule has 5 heteroatoms. The van der Waals surface area contributed by atoms with Crippen LogP contribution in [0.4, 0.5) is 5.69 Å². The molecule has 0 aliphatic carbocycles. The average molecular weight is 227 g/mol. The first-order valence-corrected chi connectivity index (χ1v) is 5.51. The molecule has 0 atom stereocenters. The topological polar surface area (TPSA) is 44.4 Å². The van der Waals surface area contributed by atoms with E-state index < -0.39 is 0 Å². The zero-order chi connectivity index (χ0) is 11.3. The van der Waals surface area contributed by atoms with Crippen molar-refractivity contribution in [3.8, 4) is 0 Å². The SMILES string of the molecule is CCN(CCNc1cc(=O)c1=S)CNC. The highest BCUT2D eigenvalue weighted by molar-refractivity contribution is 7.71. The molecule has 0 saturated heterocycles. The molecule has 0 spiro atoms. The molecule has 0 aliphatic heterocycles. The van der Waals surface area contributed by atoms with Gasteiger partial charge in [0.2, 0.25) is 5.43 Å². The Bertz CT molecular complexity index is 370. The Morgan fingerprint density at radius 2 is 2.27 bits per heavy atom. The Labute approximate surface area is 95.0 Å². The van der Waals surface area contributed by atoms with Crippen LogP contribution in [0.15, 0.2) is 10.9 Å². The molecule has 84 valence electrons. The van der Waals surface area contributed by atoms with Gasteiger partial charge in [0.05, 0.1) is 5.69 Å². The van der Waals surface area contributed by atoms with Crippen LogP contribution < -0.4 is 16.1 Å². The smallest absolute Gasteiger partial charge is 0.200 e. The molecule has 0 saturated carbocycles. The Kier molecular flexibility index (Phi) is 4.87. The third-order valence-electron chi connectivity index (χ3n) is 2.32. The van der Waals surface area contributed by atoms with Gasteiger partial charge in [0.1, 0.15) is 4.51 Å². The summed E-state index contributed by atoms with van der Waals surface area (Å²) in [6.07, 6.45) is 0. The average Bonchev–Trinajstić information content (AvgIpc) is 2.26. The van der Waals surface area contributed by atoms with Crippen LogP contribution in [-0.4, -0.2) is 38.3 Å². The number of likely N-dealkylation sites (N-methyl/N-ethyl adjacent to an activating group) is 1. The molecule has 1 aromatic carbocycles. The standard InChI is InChI=1S/C10H17N3OS/c1-3-13(7-11-2)5-4-12-8-6-9(14)10(8)15/h6,11-12H,3-5,7H2,1-2H3. The van der Waals surface area contributed by atoms with E-state index in [2.05, 4.69) is 22.5 Å². The summed E-state index contributed by atoms with van der Waals surface area (Å²) in [6.45, 7) is 5.75. The zero-order valence-corrected chi connectivity index (χ0v) is 9.99. The second-order valence-electron chi connectivity index (χ2n) is 3.40. The number of hydrogen-bond acceptors (Lipinski definition) is 5. The molecule has 1 aromatic rings. The highest BCUT2D eigenvalue weighted by atomic mass is 32.1. The fraction of sp³-hybridized carbons (Fsp3) is 0.600. The van der Waals surface area contributed by atoms with Crippen LogP contribution in [0, 0.1) is 4.51 Å². The molecule has 4 nitrogen and oxygen atoms in total. The quantitative estimate of drug-likeness (QED) is 0.526. The van der Waals surface area contributed by atoms with Crippen molar-refractivity contribution in [1.29, 1.82) is 0 Å². The fourth-order valence-corrected chi connectivity index (χ4v) is 1.56. The van der Waals surface area contributed by atoms with Gasteiger partial charge in [-0.05, 0) is 13.6 Å². The van der Waals surface area contributed by atoms with E-state index in [0.29, 0.717) is 4.51 Å². The van der Waals surface area contributed by atoms with Crippen molar-refractivity contribution in [3.63, 3.8) is 0 Å². The second kappa shape index (κ2) is 5.95. The van der Waals surface area contributed by atoms with E-state index >= 15 is 0 Å². The summed E-state index contributed by atoms with van der Waals surface area (Å²) in [4.78, 5) is 13.1. The molecular formula is C10H17N3OS. The summed E-state index contributed by atoms with van der Waals surface area (Å²) in [5, 5.41) is 6.26. The predicted molar refractivity (Wildman–Crippen MR) is 65.6 cm³/mol. The Morgan fingerprint density at radius 1 is 1.53 bits per heavy atom. The number of nitrogens with one attached hydrogen (secondary N) is 2. The van der Waals surface area contributed by atoms with Gasteiger partial charge >= 0.3 is 0 Å². The maximum absolute atomic E-state index is 10.8. The van der Waals surface area contributed by atoms with Crippen LogP contribution in [0.25, 0.3) is 0 Å². The second-order valence-corrected chi connectivity index (χ2v) is 3.81. The van der Waals surface area contributed by atoms with Gasteiger partial charge in [0.15, 0.2) is 0 Å². The molecule has 0 amide bonds. The fourth-order valence-electron chi connectivity index (χ4n) is 1.37. The molecule has 0 radical (unpaired) electrons. The first-order chi connectivity index (χ1) is 7.19. The lowest BCUT2D eigenvalue weighted by molar-refractivity contribution is 0.284. The summed E-state index contributed by atoms with van der Waals surface area (Å²) in [6, 6.07) is 1.55. The minimum absolute atomic E-state index is 0.0323. The first-order valence-electron chi connectivity index (χ1n) is 5.10. The van der Waals surface area contributed by atoms with Gasteiger partial charge in [-0.15, -0.1) is 0 Å². The zero-order valence-electron chi connectivity index (χ0n) is 9.17. The Hall–Kier alpha value is -0.780. The number of rotatable bonds is 7. The van der Waals surface area contributed by atoms with Crippen LogP contribution in [0.2, 0.25) is 0 Å². The number of nitrogens with zero attached hydrogens (tertiary/aromatic N) is 1. The van der Waals surface area contributed by atoms with Crippen LogP contribution in [-0.2, 0) is 0 Å². The van der Waals surface area contributed by atoms with Crippen molar-refractivity contribution in [2.45, 2.75) is 6.92 Å². The maximum Gasteiger partial charge on any atom is 0.200 e. The van der Waals surface area contributed by atoms with Crippen LogP contribution in [0.3, 0.4) is 0 Å².